The Morgan fingerprint density at radius 1 is 1.00 bits per heavy atom. The molecule has 0 bridgehead atoms. The zero-order valence-electron chi connectivity index (χ0n) is 12.2. The van der Waals surface area contributed by atoms with Crippen LogP contribution in [0.15, 0.2) is 30.3 Å². The van der Waals surface area contributed by atoms with E-state index in [1.165, 1.54) is 19.1 Å². The standard InChI is InChI=1S/C15H19NO5/c1-20-14(18)8-9-16(11-15(19)21-2)13(17)10-12-6-4-3-5-7-12/h3-7H,8-11H2,1-2H3. The lowest BCUT2D eigenvalue weighted by Crippen LogP contribution is -2.38. The van der Waals surface area contributed by atoms with E-state index in [4.69, 9.17) is 0 Å². The molecule has 0 radical (unpaired) electrons. The van der Waals surface area contributed by atoms with Gasteiger partial charge in [-0.25, -0.2) is 0 Å². The van der Waals surface area contributed by atoms with Crippen molar-refractivity contribution in [3.8, 4) is 0 Å². The van der Waals surface area contributed by atoms with Gasteiger partial charge < -0.3 is 14.4 Å². The quantitative estimate of drug-likeness (QED) is 0.695. The van der Waals surface area contributed by atoms with Crippen LogP contribution in [0.4, 0.5) is 0 Å². The average Bonchev–Trinajstić information content (AvgIpc) is 2.51. The molecule has 0 atom stereocenters. The number of carbonyl (C=O) groups excluding carboxylic acids is 3. The van der Waals surface area contributed by atoms with Gasteiger partial charge in [0.15, 0.2) is 0 Å². The molecular formula is C15H19NO5. The third kappa shape index (κ3) is 6.07. The van der Waals surface area contributed by atoms with E-state index < -0.39 is 11.9 Å². The van der Waals surface area contributed by atoms with E-state index in [0.29, 0.717) is 0 Å². The first kappa shape index (κ1) is 16.7. The second kappa shape index (κ2) is 8.73. The van der Waals surface area contributed by atoms with Gasteiger partial charge in [0.1, 0.15) is 6.54 Å². The number of carbonyl (C=O) groups is 3. The van der Waals surface area contributed by atoms with E-state index in [1.807, 2.05) is 30.3 Å². The fourth-order valence-electron chi connectivity index (χ4n) is 1.72. The molecule has 0 N–H and O–H groups in total. The van der Waals surface area contributed by atoms with E-state index in [2.05, 4.69) is 9.47 Å². The lowest BCUT2D eigenvalue weighted by Gasteiger charge is -2.21. The van der Waals surface area contributed by atoms with Crippen LogP contribution >= 0.6 is 0 Å². The minimum atomic E-state index is -0.527. The summed E-state index contributed by atoms with van der Waals surface area (Å²) in [5.74, 6) is -1.20. The SMILES string of the molecule is COC(=O)CCN(CC(=O)OC)C(=O)Cc1ccccc1. The monoisotopic (exact) mass is 293 g/mol. The van der Waals surface area contributed by atoms with Gasteiger partial charge >= 0.3 is 11.9 Å². The molecule has 0 saturated carbocycles. The topological polar surface area (TPSA) is 72.9 Å². The Balaban J connectivity index is 2.67. The molecule has 1 rings (SSSR count). The van der Waals surface area contributed by atoms with E-state index in [0.717, 1.165) is 5.56 Å². The fourth-order valence-corrected chi connectivity index (χ4v) is 1.72. The smallest absolute Gasteiger partial charge is 0.325 e. The van der Waals surface area contributed by atoms with Crippen molar-refractivity contribution < 1.29 is 23.9 Å². The number of nitrogens with zero attached hydrogens (tertiary/aromatic N) is 1. The zero-order valence-corrected chi connectivity index (χ0v) is 12.2. The Labute approximate surface area is 123 Å². The largest absolute Gasteiger partial charge is 0.469 e. The Hall–Kier alpha value is -2.37. The average molecular weight is 293 g/mol. The zero-order chi connectivity index (χ0) is 15.7. The van der Waals surface area contributed by atoms with Crippen molar-refractivity contribution in [3.63, 3.8) is 0 Å². The number of methoxy groups -OCH3 is 2. The van der Waals surface area contributed by atoms with Crippen LogP contribution in [-0.2, 0) is 30.3 Å². The van der Waals surface area contributed by atoms with E-state index >= 15 is 0 Å². The molecule has 21 heavy (non-hydrogen) atoms. The first-order valence-corrected chi connectivity index (χ1v) is 6.52. The fraction of sp³-hybridized carbons (Fsp3) is 0.400. The lowest BCUT2D eigenvalue weighted by atomic mass is 10.1. The predicted octanol–water partition coefficient (Wildman–Crippen LogP) is 0.794. The number of benzene rings is 1. The number of hydrogen-bond acceptors (Lipinski definition) is 5. The summed E-state index contributed by atoms with van der Waals surface area (Å²) in [4.78, 5) is 36.1. The van der Waals surface area contributed by atoms with Crippen LogP contribution in [0.5, 0.6) is 0 Å². The molecule has 0 saturated heterocycles. The lowest BCUT2D eigenvalue weighted by molar-refractivity contribution is -0.148. The van der Waals surface area contributed by atoms with E-state index in [-0.39, 0.29) is 31.8 Å². The third-order valence-electron chi connectivity index (χ3n) is 2.91. The normalized spacial score (nSPS) is 9.81. The van der Waals surface area contributed by atoms with Crippen molar-refractivity contribution in [3.05, 3.63) is 35.9 Å². The third-order valence-corrected chi connectivity index (χ3v) is 2.91. The van der Waals surface area contributed by atoms with Crippen LogP contribution in [0.1, 0.15) is 12.0 Å². The molecule has 114 valence electrons. The molecular weight excluding hydrogens is 274 g/mol. The Kier molecular flexibility index (Phi) is 6.94. The summed E-state index contributed by atoms with van der Waals surface area (Å²) >= 11 is 0. The highest BCUT2D eigenvalue weighted by molar-refractivity contribution is 5.84. The summed E-state index contributed by atoms with van der Waals surface area (Å²) in [5.41, 5.74) is 0.843. The molecule has 0 aromatic heterocycles. The van der Waals surface area contributed by atoms with Gasteiger partial charge in [0, 0.05) is 6.54 Å². The van der Waals surface area contributed by atoms with Crippen molar-refractivity contribution in [2.45, 2.75) is 12.8 Å². The van der Waals surface area contributed by atoms with Crippen molar-refractivity contribution in [1.82, 2.24) is 4.90 Å². The van der Waals surface area contributed by atoms with Crippen LogP contribution in [0.3, 0.4) is 0 Å². The van der Waals surface area contributed by atoms with Gasteiger partial charge in [-0.2, -0.15) is 0 Å². The first-order chi connectivity index (χ1) is 10.1. The van der Waals surface area contributed by atoms with E-state index in [1.54, 1.807) is 0 Å². The van der Waals surface area contributed by atoms with Gasteiger partial charge in [-0.15, -0.1) is 0 Å². The Morgan fingerprint density at radius 3 is 2.19 bits per heavy atom. The summed E-state index contributed by atoms with van der Waals surface area (Å²) in [6.45, 7) is -0.0629. The summed E-state index contributed by atoms with van der Waals surface area (Å²) < 4.78 is 9.10. The highest BCUT2D eigenvalue weighted by atomic mass is 16.5. The second-order valence-corrected chi connectivity index (χ2v) is 4.38. The highest BCUT2D eigenvalue weighted by Gasteiger charge is 2.19. The van der Waals surface area contributed by atoms with Crippen LogP contribution in [0.25, 0.3) is 0 Å². The van der Waals surface area contributed by atoms with E-state index in [9.17, 15) is 14.4 Å². The molecule has 6 heteroatoms. The van der Waals surface area contributed by atoms with Crippen LogP contribution in [0.2, 0.25) is 0 Å². The minimum absolute atomic E-state index is 0.0357. The Bertz CT molecular complexity index is 486. The van der Waals surface area contributed by atoms with Gasteiger partial charge in [-0.3, -0.25) is 14.4 Å². The van der Waals surface area contributed by atoms with Crippen LogP contribution < -0.4 is 0 Å². The van der Waals surface area contributed by atoms with Gasteiger partial charge in [-0.05, 0) is 5.56 Å². The molecule has 0 fully saturated rings. The summed E-state index contributed by atoms with van der Waals surface area (Å²) in [6.07, 6.45) is 0.201. The number of esters is 2. The van der Waals surface area contributed by atoms with Gasteiger partial charge in [0.05, 0.1) is 27.1 Å². The van der Waals surface area contributed by atoms with Crippen molar-refractivity contribution >= 4 is 17.8 Å². The molecule has 0 spiro atoms. The van der Waals surface area contributed by atoms with Gasteiger partial charge in [0.25, 0.3) is 0 Å². The van der Waals surface area contributed by atoms with Crippen molar-refractivity contribution in [2.24, 2.45) is 0 Å². The number of hydrogen-bond donors (Lipinski definition) is 0. The molecule has 1 amide bonds. The molecule has 0 unspecified atom stereocenters. The molecule has 1 aromatic rings. The maximum atomic E-state index is 12.2. The van der Waals surface area contributed by atoms with Gasteiger partial charge in [0.2, 0.25) is 5.91 Å². The molecule has 0 aliphatic carbocycles. The van der Waals surface area contributed by atoms with Crippen molar-refractivity contribution in [2.75, 3.05) is 27.3 Å². The van der Waals surface area contributed by atoms with Crippen LogP contribution in [0, 0.1) is 0 Å². The second-order valence-electron chi connectivity index (χ2n) is 4.38. The molecule has 0 heterocycles. The predicted molar refractivity (Wildman–Crippen MR) is 75.4 cm³/mol. The Morgan fingerprint density at radius 2 is 1.62 bits per heavy atom. The summed E-state index contributed by atoms with van der Waals surface area (Å²) in [7, 11) is 2.53. The van der Waals surface area contributed by atoms with Crippen LogP contribution in [-0.4, -0.2) is 50.1 Å². The number of amides is 1. The number of rotatable bonds is 7. The first-order valence-electron chi connectivity index (χ1n) is 6.52. The minimum Gasteiger partial charge on any atom is -0.469 e. The van der Waals surface area contributed by atoms with Crippen molar-refractivity contribution in [1.29, 1.82) is 0 Å². The molecule has 0 aliphatic rings. The molecule has 6 nitrogen and oxygen atoms in total. The molecule has 0 aliphatic heterocycles. The highest BCUT2D eigenvalue weighted by Crippen LogP contribution is 2.04. The number of ether oxygens (including phenoxy) is 2. The summed E-state index contributed by atoms with van der Waals surface area (Å²) in [6, 6.07) is 9.18. The molecule has 1 aromatic carbocycles. The maximum Gasteiger partial charge on any atom is 0.325 e. The van der Waals surface area contributed by atoms with Gasteiger partial charge in [-0.1, -0.05) is 30.3 Å². The summed E-state index contributed by atoms with van der Waals surface area (Å²) in [5, 5.41) is 0. The maximum absolute atomic E-state index is 12.2.